The number of benzene rings is 1. The summed E-state index contributed by atoms with van der Waals surface area (Å²) >= 11 is 7.49. The van der Waals surface area contributed by atoms with E-state index < -0.39 is 5.97 Å². The Morgan fingerprint density at radius 2 is 2.04 bits per heavy atom. The Morgan fingerprint density at radius 1 is 1.30 bits per heavy atom. The maximum absolute atomic E-state index is 12.5. The number of anilines is 1. The third-order valence-electron chi connectivity index (χ3n) is 4.50. The first-order valence-corrected chi connectivity index (χ1v) is 10.1. The second-order valence-corrected chi connectivity index (χ2v) is 7.77. The topological polar surface area (TPSA) is 75.7 Å². The van der Waals surface area contributed by atoms with Gasteiger partial charge in [-0.25, -0.2) is 4.79 Å². The smallest absolute Gasteiger partial charge is 0.341 e. The number of fused-ring (bicyclic) bond motifs is 1. The van der Waals surface area contributed by atoms with Crippen molar-refractivity contribution in [2.24, 2.45) is 0 Å². The number of amides is 1. The van der Waals surface area contributed by atoms with Crippen molar-refractivity contribution in [2.45, 2.75) is 26.2 Å². The highest BCUT2D eigenvalue weighted by molar-refractivity contribution is 7.24. The Balaban J connectivity index is 1.93. The van der Waals surface area contributed by atoms with Crippen molar-refractivity contribution >= 4 is 56.2 Å². The van der Waals surface area contributed by atoms with Gasteiger partial charge in [0.1, 0.15) is 10.6 Å². The Hall–Kier alpha value is -1.96. The van der Waals surface area contributed by atoms with Gasteiger partial charge >= 0.3 is 5.97 Å². The van der Waals surface area contributed by atoms with Crippen molar-refractivity contribution in [3.8, 4) is 0 Å². The van der Waals surface area contributed by atoms with Crippen LogP contribution in [0.15, 0.2) is 12.1 Å². The molecule has 1 aliphatic rings. The van der Waals surface area contributed by atoms with Gasteiger partial charge in [-0.2, -0.15) is 0 Å². The first-order valence-electron chi connectivity index (χ1n) is 8.94. The highest BCUT2D eigenvalue weighted by Crippen LogP contribution is 2.41. The molecule has 1 fully saturated rings. The first kappa shape index (κ1) is 19.8. The summed E-state index contributed by atoms with van der Waals surface area (Å²) in [6.07, 6.45) is 4.04. The number of halogens is 1. The number of nitrogens with one attached hydrogen (secondary N) is 1. The number of hydrogen-bond donors (Lipinski definition) is 1. The van der Waals surface area contributed by atoms with Gasteiger partial charge in [0.05, 0.1) is 22.9 Å². The third-order valence-corrected chi connectivity index (χ3v) is 6.16. The second-order valence-electron chi connectivity index (χ2n) is 6.37. The van der Waals surface area contributed by atoms with Gasteiger partial charge in [-0.3, -0.25) is 14.5 Å². The molecule has 0 saturated carbocycles. The van der Waals surface area contributed by atoms with Crippen LogP contribution in [0.1, 0.15) is 46.9 Å². The van der Waals surface area contributed by atoms with Gasteiger partial charge in [0.25, 0.3) is 0 Å². The molecule has 1 saturated heterocycles. The van der Waals surface area contributed by atoms with Crippen molar-refractivity contribution in [3.05, 3.63) is 28.3 Å². The number of hydrogen-bond acceptors (Lipinski definition) is 6. The number of carbonyl (C=O) groups excluding carboxylic acids is 3. The molecule has 0 spiro atoms. The van der Waals surface area contributed by atoms with Crippen LogP contribution in [-0.2, 0) is 9.53 Å². The molecule has 1 aromatic carbocycles. The SMILES string of the molecule is CCOC(=O)c1c(NC(=O)CN2CCCCC2)sc2c(Cl)c(C=O)ccc12. The van der Waals surface area contributed by atoms with E-state index in [9.17, 15) is 14.4 Å². The minimum absolute atomic E-state index is 0.180. The van der Waals surface area contributed by atoms with Crippen LogP contribution in [0.3, 0.4) is 0 Å². The van der Waals surface area contributed by atoms with E-state index in [0.29, 0.717) is 26.9 Å². The first-order chi connectivity index (χ1) is 13.0. The Kier molecular flexibility index (Phi) is 6.46. The summed E-state index contributed by atoms with van der Waals surface area (Å²) in [4.78, 5) is 38.3. The number of rotatable bonds is 6. The lowest BCUT2D eigenvalue weighted by Crippen LogP contribution is -2.36. The molecule has 0 radical (unpaired) electrons. The van der Waals surface area contributed by atoms with Gasteiger partial charge in [0.2, 0.25) is 5.91 Å². The molecule has 3 rings (SSSR count). The van der Waals surface area contributed by atoms with Gasteiger partial charge in [-0.15, -0.1) is 11.3 Å². The van der Waals surface area contributed by atoms with E-state index >= 15 is 0 Å². The minimum atomic E-state index is -0.521. The molecule has 27 heavy (non-hydrogen) atoms. The zero-order chi connectivity index (χ0) is 19.4. The zero-order valence-corrected chi connectivity index (χ0v) is 16.6. The maximum atomic E-state index is 12.5. The molecule has 0 unspecified atom stereocenters. The summed E-state index contributed by atoms with van der Waals surface area (Å²) in [6, 6.07) is 3.22. The predicted molar refractivity (Wildman–Crippen MR) is 107 cm³/mol. The summed E-state index contributed by atoms with van der Waals surface area (Å²) in [6.45, 7) is 4.03. The van der Waals surface area contributed by atoms with E-state index in [0.717, 1.165) is 25.9 Å². The highest BCUT2D eigenvalue weighted by atomic mass is 35.5. The third kappa shape index (κ3) is 4.31. The average molecular weight is 409 g/mol. The molecule has 1 aliphatic heterocycles. The quantitative estimate of drug-likeness (QED) is 0.578. The molecule has 144 valence electrons. The van der Waals surface area contributed by atoms with Gasteiger partial charge in [-0.05, 0) is 38.9 Å². The van der Waals surface area contributed by atoms with Crippen LogP contribution < -0.4 is 5.32 Å². The maximum Gasteiger partial charge on any atom is 0.341 e. The minimum Gasteiger partial charge on any atom is -0.462 e. The molecule has 2 aromatic rings. The van der Waals surface area contributed by atoms with E-state index in [1.807, 2.05) is 0 Å². The van der Waals surface area contributed by atoms with Gasteiger partial charge in [0.15, 0.2) is 6.29 Å². The summed E-state index contributed by atoms with van der Waals surface area (Å²) in [5.41, 5.74) is 0.621. The predicted octanol–water partition coefficient (Wildman–Crippen LogP) is 3.97. The van der Waals surface area contributed by atoms with Crippen molar-refractivity contribution in [1.82, 2.24) is 4.90 Å². The molecule has 6 nitrogen and oxygen atoms in total. The van der Waals surface area contributed by atoms with E-state index in [-0.39, 0.29) is 29.6 Å². The molecule has 0 bridgehead atoms. The summed E-state index contributed by atoms with van der Waals surface area (Å²) in [7, 11) is 0. The Labute approximate surface area is 166 Å². The molecular formula is C19H21ClN2O4S. The number of esters is 1. The van der Waals surface area contributed by atoms with E-state index in [1.165, 1.54) is 17.8 Å². The number of aldehydes is 1. The van der Waals surface area contributed by atoms with Crippen LogP contribution in [0.2, 0.25) is 5.02 Å². The lowest BCUT2D eigenvalue weighted by Gasteiger charge is -2.25. The molecule has 1 aromatic heterocycles. The lowest BCUT2D eigenvalue weighted by molar-refractivity contribution is -0.117. The van der Waals surface area contributed by atoms with E-state index in [4.69, 9.17) is 16.3 Å². The molecule has 1 N–H and O–H groups in total. The molecule has 8 heteroatoms. The van der Waals surface area contributed by atoms with Crippen molar-refractivity contribution in [1.29, 1.82) is 0 Å². The van der Waals surface area contributed by atoms with Crippen LogP contribution in [0.5, 0.6) is 0 Å². The lowest BCUT2D eigenvalue weighted by atomic mass is 10.1. The number of carbonyl (C=O) groups is 3. The fourth-order valence-corrected chi connectivity index (χ4v) is 4.69. The van der Waals surface area contributed by atoms with E-state index in [1.54, 1.807) is 19.1 Å². The molecular weight excluding hydrogens is 388 g/mol. The highest BCUT2D eigenvalue weighted by Gasteiger charge is 2.24. The van der Waals surface area contributed by atoms with E-state index in [2.05, 4.69) is 10.2 Å². The van der Waals surface area contributed by atoms with Gasteiger partial charge < -0.3 is 10.1 Å². The number of ether oxygens (including phenoxy) is 1. The Morgan fingerprint density at radius 3 is 2.70 bits per heavy atom. The molecule has 0 atom stereocenters. The summed E-state index contributed by atoms with van der Waals surface area (Å²) in [5.74, 6) is -0.701. The standard InChI is InChI=1S/C19H21ClN2O4S/c1-2-26-19(25)15-13-7-6-12(11-23)16(20)17(13)27-18(15)21-14(24)10-22-8-4-3-5-9-22/h6-7,11H,2-5,8-10H2,1H3,(H,21,24). The zero-order valence-electron chi connectivity index (χ0n) is 15.0. The fourth-order valence-electron chi connectivity index (χ4n) is 3.22. The van der Waals surface area contributed by atoms with Crippen LogP contribution in [-0.4, -0.2) is 49.3 Å². The number of likely N-dealkylation sites (tertiary alicyclic amines) is 1. The van der Waals surface area contributed by atoms with Crippen LogP contribution in [0.25, 0.3) is 10.1 Å². The van der Waals surface area contributed by atoms with Crippen LogP contribution in [0.4, 0.5) is 5.00 Å². The molecule has 2 heterocycles. The van der Waals surface area contributed by atoms with Crippen LogP contribution >= 0.6 is 22.9 Å². The molecule has 1 amide bonds. The number of nitrogens with zero attached hydrogens (tertiary/aromatic N) is 1. The largest absolute Gasteiger partial charge is 0.462 e. The van der Waals surface area contributed by atoms with Crippen molar-refractivity contribution in [2.75, 3.05) is 31.6 Å². The average Bonchev–Trinajstić information content (AvgIpc) is 3.02. The van der Waals surface area contributed by atoms with Gasteiger partial charge in [0, 0.05) is 10.9 Å². The monoisotopic (exact) mass is 408 g/mol. The summed E-state index contributed by atoms with van der Waals surface area (Å²) in [5, 5.41) is 4.08. The van der Waals surface area contributed by atoms with Crippen molar-refractivity contribution < 1.29 is 19.1 Å². The number of piperidine rings is 1. The van der Waals surface area contributed by atoms with Crippen molar-refractivity contribution in [3.63, 3.8) is 0 Å². The fraction of sp³-hybridized carbons (Fsp3) is 0.421. The normalized spacial score (nSPS) is 14.9. The Bertz CT molecular complexity index is 874. The van der Waals surface area contributed by atoms with Gasteiger partial charge in [-0.1, -0.05) is 24.1 Å². The summed E-state index contributed by atoms with van der Waals surface area (Å²) < 4.78 is 5.74. The number of thiophene rings is 1. The van der Waals surface area contributed by atoms with Crippen LogP contribution in [0, 0.1) is 0 Å². The second kappa shape index (κ2) is 8.82. The molecule has 0 aliphatic carbocycles.